The minimum Gasteiger partial charge on any atom is -0.444 e. The molecule has 5 unspecified atom stereocenters. The van der Waals surface area contributed by atoms with E-state index in [-0.39, 0.29) is 31.2 Å². The molecule has 3 heterocycles. The van der Waals surface area contributed by atoms with Gasteiger partial charge in [-0.25, -0.2) is 9.59 Å². The van der Waals surface area contributed by atoms with Crippen LogP contribution in [0.4, 0.5) is 9.59 Å². The average Bonchev–Trinajstić information content (AvgIpc) is 3.90. The number of carbonyl (C=O) groups is 2. The second-order valence-electron chi connectivity index (χ2n) is 11.8. The summed E-state index contributed by atoms with van der Waals surface area (Å²) in [6, 6.07) is 19.3. The van der Waals surface area contributed by atoms with Crippen molar-refractivity contribution >= 4 is 34.9 Å². The van der Waals surface area contributed by atoms with E-state index < -0.39 is 24.8 Å². The minimum absolute atomic E-state index is 0.0266. The number of hydrogen-bond donors (Lipinski definition) is 2. The van der Waals surface area contributed by atoms with E-state index in [0.29, 0.717) is 38.9 Å². The summed E-state index contributed by atoms with van der Waals surface area (Å²) in [6.07, 6.45) is 3.24. The first kappa shape index (κ1) is 36.4. The Kier molecular flexibility index (Phi) is 14.3. The van der Waals surface area contributed by atoms with Crippen molar-refractivity contribution in [2.45, 2.75) is 57.1 Å². The van der Waals surface area contributed by atoms with Gasteiger partial charge >= 0.3 is 12.2 Å². The molecular weight excluding hydrogens is 667 g/mol. The van der Waals surface area contributed by atoms with Gasteiger partial charge in [0.05, 0.1) is 20.8 Å². The summed E-state index contributed by atoms with van der Waals surface area (Å²) in [5.41, 5.74) is 5.55. The van der Waals surface area contributed by atoms with Gasteiger partial charge in [0, 0.05) is 70.7 Å². The van der Waals surface area contributed by atoms with E-state index in [1.807, 2.05) is 60.7 Å². The Morgan fingerprint density at radius 3 is 1.76 bits per heavy atom. The number of ether oxygens (including phenoxy) is 5. The molecule has 2 aromatic heterocycles. The van der Waals surface area contributed by atoms with Gasteiger partial charge in [0.25, 0.3) is 0 Å². The standard InChI is InChI=1S/C35H43N5O7S2/c1-43-32-15-27(33(44-2)47-32)18-40(19-28(13-25-9-5-3-6-10-25)38-34(41)45-21-30-16-36-23-48-30)20-29(14-26-11-7-4-8-12-26)39-35(42)46-22-31-17-37-24-49-31/h3-12,16-17,23-24,27-29,32-33H,13-15,18-22H2,1-2H3,(H,38,41)(H,39,42). The predicted octanol–water partition coefficient (Wildman–Crippen LogP) is 5.26. The summed E-state index contributed by atoms with van der Waals surface area (Å²) in [7, 11) is 3.24. The summed E-state index contributed by atoms with van der Waals surface area (Å²) in [6.45, 7) is 1.75. The van der Waals surface area contributed by atoms with Crippen molar-refractivity contribution in [3.8, 4) is 0 Å². The van der Waals surface area contributed by atoms with Crippen LogP contribution in [0, 0.1) is 5.92 Å². The molecule has 0 bridgehead atoms. The van der Waals surface area contributed by atoms with E-state index in [4.69, 9.17) is 23.7 Å². The quantitative estimate of drug-likeness (QED) is 0.141. The maximum Gasteiger partial charge on any atom is 0.407 e. The molecule has 2 N–H and O–H groups in total. The summed E-state index contributed by atoms with van der Waals surface area (Å²) >= 11 is 2.86. The van der Waals surface area contributed by atoms with Crippen LogP contribution in [0.5, 0.6) is 0 Å². The van der Waals surface area contributed by atoms with Crippen molar-refractivity contribution in [1.82, 2.24) is 25.5 Å². The number of thiazole rings is 2. The van der Waals surface area contributed by atoms with E-state index in [1.54, 1.807) is 37.6 Å². The second kappa shape index (κ2) is 19.3. The van der Waals surface area contributed by atoms with Crippen molar-refractivity contribution in [2.75, 3.05) is 33.9 Å². The minimum atomic E-state index is -0.515. The third-order valence-corrected chi connectivity index (χ3v) is 9.57. The summed E-state index contributed by atoms with van der Waals surface area (Å²) in [5, 5.41) is 6.21. The van der Waals surface area contributed by atoms with Gasteiger partial charge in [0.2, 0.25) is 0 Å². The Bertz CT molecular complexity index is 1420. The van der Waals surface area contributed by atoms with Crippen LogP contribution in [0.3, 0.4) is 0 Å². The molecule has 1 fully saturated rings. The molecule has 5 rings (SSSR count). The molecule has 49 heavy (non-hydrogen) atoms. The number of amides is 2. The highest BCUT2D eigenvalue weighted by Crippen LogP contribution is 2.29. The Balaban J connectivity index is 1.36. The topological polar surface area (TPSA) is 133 Å². The predicted molar refractivity (Wildman–Crippen MR) is 186 cm³/mol. The SMILES string of the molecule is COC1CC(CN(CC(Cc2ccccc2)NC(=O)OCc2cncs2)CC(Cc2ccccc2)NC(=O)OCc2cncs2)C(OC)O1. The van der Waals surface area contributed by atoms with Gasteiger partial charge in [-0.2, -0.15) is 0 Å². The van der Waals surface area contributed by atoms with E-state index in [0.717, 1.165) is 20.9 Å². The molecule has 262 valence electrons. The van der Waals surface area contributed by atoms with E-state index >= 15 is 0 Å². The second-order valence-corrected chi connectivity index (χ2v) is 13.7. The lowest BCUT2D eigenvalue weighted by molar-refractivity contribution is -0.193. The van der Waals surface area contributed by atoms with Gasteiger partial charge in [0.15, 0.2) is 12.6 Å². The number of rotatable bonds is 18. The number of methoxy groups -OCH3 is 2. The third kappa shape index (κ3) is 12.2. The molecule has 1 aliphatic heterocycles. The zero-order valence-electron chi connectivity index (χ0n) is 27.6. The highest BCUT2D eigenvalue weighted by Gasteiger charge is 2.37. The highest BCUT2D eigenvalue weighted by molar-refractivity contribution is 7.09. The van der Waals surface area contributed by atoms with Crippen molar-refractivity contribution < 1.29 is 33.3 Å². The van der Waals surface area contributed by atoms with Crippen LogP contribution in [0.25, 0.3) is 0 Å². The molecule has 4 aromatic rings. The Morgan fingerprint density at radius 1 is 0.816 bits per heavy atom. The van der Waals surface area contributed by atoms with Crippen LogP contribution in [0.1, 0.15) is 27.3 Å². The lowest BCUT2D eigenvalue weighted by Crippen LogP contribution is -2.52. The number of alkyl carbamates (subject to hydrolysis) is 2. The number of nitrogens with zero attached hydrogens (tertiary/aromatic N) is 3. The van der Waals surface area contributed by atoms with Crippen LogP contribution in [-0.2, 0) is 49.7 Å². The van der Waals surface area contributed by atoms with E-state index in [1.165, 1.54) is 22.7 Å². The maximum atomic E-state index is 13.1. The number of carbonyl (C=O) groups excluding carboxylic acids is 2. The number of nitrogens with one attached hydrogen (secondary N) is 2. The van der Waals surface area contributed by atoms with Crippen LogP contribution in [-0.4, -0.2) is 85.6 Å². The Hall–Kier alpha value is -3.92. The molecule has 0 radical (unpaired) electrons. The zero-order valence-corrected chi connectivity index (χ0v) is 29.3. The molecule has 12 nitrogen and oxygen atoms in total. The monoisotopic (exact) mass is 709 g/mol. The molecule has 1 aliphatic rings. The fourth-order valence-corrected chi connectivity index (χ4v) is 6.86. The van der Waals surface area contributed by atoms with Crippen molar-refractivity contribution in [1.29, 1.82) is 0 Å². The van der Waals surface area contributed by atoms with Crippen molar-refractivity contribution in [3.63, 3.8) is 0 Å². The van der Waals surface area contributed by atoms with Gasteiger partial charge in [-0.15, -0.1) is 22.7 Å². The Labute approximate surface area is 294 Å². The van der Waals surface area contributed by atoms with Crippen molar-refractivity contribution in [2.24, 2.45) is 5.92 Å². The van der Waals surface area contributed by atoms with Gasteiger partial charge in [0.1, 0.15) is 13.2 Å². The van der Waals surface area contributed by atoms with Crippen molar-refractivity contribution in [3.05, 3.63) is 105 Å². The van der Waals surface area contributed by atoms with Crippen LogP contribution in [0.2, 0.25) is 0 Å². The number of benzene rings is 2. The zero-order chi connectivity index (χ0) is 34.3. The fraction of sp³-hybridized carbons (Fsp3) is 0.429. The van der Waals surface area contributed by atoms with Crippen LogP contribution < -0.4 is 10.6 Å². The van der Waals surface area contributed by atoms with E-state index in [2.05, 4.69) is 25.5 Å². The first-order chi connectivity index (χ1) is 24.0. The first-order valence-electron chi connectivity index (χ1n) is 16.1. The molecule has 0 aliphatic carbocycles. The molecule has 1 saturated heterocycles. The van der Waals surface area contributed by atoms with Crippen LogP contribution in [0.15, 0.2) is 84.1 Å². The van der Waals surface area contributed by atoms with E-state index in [9.17, 15) is 9.59 Å². The molecule has 0 saturated carbocycles. The fourth-order valence-electron chi connectivity index (χ4n) is 5.85. The summed E-state index contributed by atoms with van der Waals surface area (Å²) in [4.78, 5) is 38.3. The first-order valence-corrected chi connectivity index (χ1v) is 17.9. The molecule has 5 atom stereocenters. The molecular formula is C35H43N5O7S2. The largest absolute Gasteiger partial charge is 0.444 e. The number of hydrogen-bond acceptors (Lipinski definition) is 12. The summed E-state index contributed by atoms with van der Waals surface area (Å²) < 4.78 is 28.3. The molecule has 2 aromatic carbocycles. The lowest BCUT2D eigenvalue weighted by Gasteiger charge is -2.34. The third-order valence-electron chi connectivity index (χ3n) is 8.06. The lowest BCUT2D eigenvalue weighted by atomic mass is 10.0. The van der Waals surface area contributed by atoms with Gasteiger partial charge in [-0.1, -0.05) is 60.7 Å². The molecule has 14 heteroatoms. The average molecular weight is 710 g/mol. The summed E-state index contributed by atoms with van der Waals surface area (Å²) in [5.74, 6) is -0.0266. The maximum absolute atomic E-state index is 13.1. The van der Waals surface area contributed by atoms with Gasteiger partial charge in [-0.3, -0.25) is 14.9 Å². The smallest absolute Gasteiger partial charge is 0.407 e. The Morgan fingerprint density at radius 2 is 1.33 bits per heavy atom. The number of aromatic nitrogens is 2. The normalized spacial score (nSPS) is 18.6. The molecule has 2 amide bonds. The molecule has 0 spiro atoms. The van der Waals surface area contributed by atoms with Gasteiger partial charge < -0.3 is 34.3 Å². The van der Waals surface area contributed by atoms with Gasteiger partial charge in [-0.05, 0) is 24.0 Å². The van der Waals surface area contributed by atoms with Crippen LogP contribution >= 0.6 is 22.7 Å². The highest BCUT2D eigenvalue weighted by atomic mass is 32.1.